The first kappa shape index (κ1) is 17.6. The van der Waals surface area contributed by atoms with E-state index in [4.69, 9.17) is 4.74 Å². The van der Waals surface area contributed by atoms with Gasteiger partial charge in [0, 0.05) is 25.0 Å². The molecule has 0 fully saturated rings. The third-order valence-corrected chi connectivity index (χ3v) is 3.00. The maximum absolute atomic E-state index is 11.8. The van der Waals surface area contributed by atoms with Crippen LogP contribution in [-0.2, 0) is 20.7 Å². The van der Waals surface area contributed by atoms with Crippen LogP contribution in [0, 0.1) is 16.0 Å². The first-order chi connectivity index (χ1) is 10.3. The van der Waals surface area contributed by atoms with Crippen LogP contribution in [0.4, 0.5) is 5.69 Å². The molecule has 120 valence electrons. The number of benzene rings is 1. The van der Waals surface area contributed by atoms with Crippen LogP contribution in [0.25, 0.3) is 0 Å². The molecule has 0 spiro atoms. The number of nitro groups is 1. The second-order valence-corrected chi connectivity index (χ2v) is 5.37. The number of esters is 1. The fourth-order valence-corrected chi connectivity index (χ4v) is 1.95. The highest BCUT2D eigenvalue weighted by Gasteiger charge is 2.22. The zero-order chi connectivity index (χ0) is 16.7. The Morgan fingerprint density at radius 2 is 1.86 bits per heavy atom. The number of hydrogen-bond acceptors (Lipinski definition) is 5. The summed E-state index contributed by atoms with van der Waals surface area (Å²) in [5.74, 6) is -0.597. The molecule has 0 unspecified atom stereocenters. The monoisotopic (exact) mass is 308 g/mol. The fraction of sp³-hybridized carbons (Fsp3) is 0.467. The summed E-state index contributed by atoms with van der Waals surface area (Å²) in [4.78, 5) is 33.7. The summed E-state index contributed by atoms with van der Waals surface area (Å²) in [5, 5.41) is 13.2. The molecule has 1 aromatic rings. The topological polar surface area (TPSA) is 98.5 Å². The van der Waals surface area contributed by atoms with Gasteiger partial charge < -0.3 is 10.1 Å². The van der Waals surface area contributed by atoms with Crippen molar-refractivity contribution in [1.29, 1.82) is 0 Å². The van der Waals surface area contributed by atoms with Gasteiger partial charge in [-0.05, 0) is 11.5 Å². The number of nitrogens with one attached hydrogen (secondary N) is 1. The maximum atomic E-state index is 11.8. The van der Waals surface area contributed by atoms with Crippen molar-refractivity contribution in [2.24, 2.45) is 5.92 Å². The quantitative estimate of drug-likeness (QED) is 0.471. The zero-order valence-electron chi connectivity index (χ0n) is 12.9. The number of nitro benzene ring substituents is 1. The van der Waals surface area contributed by atoms with Crippen LogP contribution in [0.3, 0.4) is 0 Å². The Labute approximate surface area is 128 Å². The molecule has 0 aliphatic carbocycles. The summed E-state index contributed by atoms with van der Waals surface area (Å²) in [6.07, 6.45) is 0.530. The molecule has 1 rings (SSSR count). The third-order valence-electron chi connectivity index (χ3n) is 3.00. The van der Waals surface area contributed by atoms with Gasteiger partial charge in [0.1, 0.15) is 6.04 Å². The number of carbonyl (C=O) groups is 2. The smallest absolute Gasteiger partial charge is 0.328 e. The first-order valence-electron chi connectivity index (χ1n) is 6.94. The normalized spacial score (nSPS) is 11.8. The van der Waals surface area contributed by atoms with E-state index in [0.29, 0.717) is 12.0 Å². The molecule has 0 aromatic heterocycles. The van der Waals surface area contributed by atoms with E-state index >= 15 is 0 Å². The Hall–Kier alpha value is -2.44. The van der Waals surface area contributed by atoms with Crippen LogP contribution in [-0.4, -0.2) is 30.0 Å². The van der Waals surface area contributed by atoms with E-state index < -0.39 is 16.9 Å². The summed E-state index contributed by atoms with van der Waals surface area (Å²) < 4.78 is 4.69. The Morgan fingerprint density at radius 1 is 1.27 bits per heavy atom. The molecule has 1 amide bonds. The van der Waals surface area contributed by atoms with Gasteiger partial charge in [0.05, 0.1) is 12.0 Å². The van der Waals surface area contributed by atoms with E-state index in [2.05, 4.69) is 5.32 Å². The van der Waals surface area contributed by atoms with Crippen LogP contribution in [0.15, 0.2) is 24.3 Å². The molecule has 0 bridgehead atoms. The number of ether oxygens (including phenoxy) is 1. The molecule has 0 heterocycles. The van der Waals surface area contributed by atoms with E-state index in [1.165, 1.54) is 19.2 Å². The highest BCUT2D eigenvalue weighted by molar-refractivity contribution is 5.84. The Kier molecular flexibility index (Phi) is 6.49. The van der Waals surface area contributed by atoms with Gasteiger partial charge in [0.25, 0.3) is 5.69 Å². The van der Waals surface area contributed by atoms with Gasteiger partial charge in [-0.1, -0.05) is 26.0 Å². The van der Waals surface area contributed by atoms with Gasteiger partial charge in [-0.2, -0.15) is 0 Å². The molecule has 7 nitrogen and oxygen atoms in total. The van der Waals surface area contributed by atoms with Crippen molar-refractivity contribution >= 4 is 17.6 Å². The Morgan fingerprint density at radius 3 is 2.32 bits per heavy atom. The molecule has 0 radical (unpaired) electrons. The van der Waals surface area contributed by atoms with Crippen molar-refractivity contribution in [2.75, 3.05) is 7.11 Å². The number of non-ortho nitro benzene ring substituents is 1. The highest BCUT2D eigenvalue weighted by atomic mass is 16.6. The van der Waals surface area contributed by atoms with Crippen LogP contribution < -0.4 is 5.32 Å². The second kappa shape index (κ2) is 8.11. The summed E-state index contributed by atoms with van der Waals surface area (Å²) in [6, 6.07) is 5.03. The average molecular weight is 308 g/mol. The minimum absolute atomic E-state index is 0.0257. The van der Waals surface area contributed by atoms with Crippen molar-refractivity contribution in [3.8, 4) is 0 Å². The van der Waals surface area contributed by atoms with Crippen LogP contribution in [0.5, 0.6) is 0 Å². The van der Waals surface area contributed by atoms with Gasteiger partial charge in [0.2, 0.25) is 5.91 Å². The molecule has 0 saturated heterocycles. The fourth-order valence-electron chi connectivity index (χ4n) is 1.95. The minimum Gasteiger partial charge on any atom is -0.467 e. The predicted octanol–water partition coefficient (Wildman–Crippen LogP) is 1.84. The molecule has 1 atom stereocenters. The summed E-state index contributed by atoms with van der Waals surface area (Å²) in [5.41, 5.74) is 0.674. The lowest BCUT2D eigenvalue weighted by molar-refractivity contribution is -0.384. The van der Waals surface area contributed by atoms with Crippen LogP contribution in [0.2, 0.25) is 0 Å². The molecule has 22 heavy (non-hydrogen) atoms. The van der Waals surface area contributed by atoms with Crippen molar-refractivity contribution in [3.63, 3.8) is 0 Å². The van der Waals surface area contributed by atoms with Gasteiger partial charge in [-0.3, -0.25) is 14.9 Å². The van der Waals surface area contributed by atoms with Crippen molar-refractivity contribution in [2.45, 2.75) is 32.7 Å². The largest absolute Gasteiger partial charge is 0.467 e. The zero-order valence-corrected chi connectivity index (χ0v) is 12.9. The number of carbonyl (C=O) groups excluding carboxylic acids is 2. The molecular formula is C15H20N2O5. The maximum Gasteiger partial charge on any atom is 0.328 e. The van der Waals surface area contributed by atoms with Gasteiger partial charge in [-0.25, -0.2) is 4.79 Å². The molecule has 0 aliphatic heterocycles. The van der Waals surface area contributed by atoms with Crippen molar-refractivity contribution in [3.05, 3.63) is 39.9 Å². The SMILES string of the molecule is COC(=O)[C@H](Cc1ccc([N+](=O)[O-])cc1)NC(=O)CC(C)C. The molecule has 0 saturated carbocycles. The van der Waals surface area contributed by atoms with Gasteiger partial charge in [0.15, 0.2) is 0 Å². The van der Waals surface area contributed by atoms with Crippen molar-refractivity contribution < 1.29 is 19.2 Å². The Balaban J connectivity index is 2.78. The second-order valence-electron chi connectivity index (χ2n) is 5.37. The van der Waals surface area contributed by atoms with Gasteiger partial charge in [-0.15, -0.1) is 0 Å². The highest BCUT2D eigenvalue weighted by Crippen LogP contribution is 2.14. The minimum atomic E-state index is -0.808. The van der Waals surface area contributed by atoms with Crippen LogP contribution in [0.1, 0.15) is 25.8 Å². The number of hydrogen-bond donors (Lipinski definition) is 1. The van der Waals surface area contributed by atoms with E-state index in [-0.39, 0.29) is 23.9 Å². The van der Waals surface area contributed by atoms with Crippen LogP contribution >= 0.6 is 0 Å². The van der Waals surface area contributed by atoms with E-state index in [1.807, 2.05) is 13.8 Å². The standard InChI is InChI=1S/C15H20N2O5/c1-10(2)8-14(18)16-13(15(19)22-3)9-11-4-6-12(7-5-11)17(20)21/h4-7,10,13H,8-9H2,1-3H3,(H,16,18)/t13-/m0/s1. The number of amides is 1. The molecule has 1 N–H and O–H groups in total. The summed E-state index contributed by atoms with van der Waals surface area (Å²) in [6.45, 7) is 3.81. The first-order valence-corrected chi connectivity index (χ1v) is 6.94. The molecule has 0 aliphatic rings. The van der Waals surface area contributed by atoms with Crippen molar-refractivity contribution in [1.82, 2.24) is 5.32 Å². The summed E-state index contributed by atoms with van der Waals surface area (Å²) in [7, 11) is 1.25. The third kappa shape index (κ3) is 5.51. The average Bonchev–Trinajstić information content (AvgIpc) is 2.45. The lowest BCUT2D eigenvalue weighted by Gasteiger charge is -2.17. The molecule has 7 heteroatoms. The van der Waals surface area contributed by atoms with Gasteiger partial charge >= 0.3 is 5.97 Å². The number of methoxy groups -OCH3 is 1. The molecular weight excluding hydrogens is 288 g/mol. The number of nitrogens with zero attached hydrogens (tertiary/aromatic N) is 1. The lowest BCUT2D eigenvalue weighted by Crippen LogP contribution is -2.43. The lowest BCUT2D eigenvalue weighted by atomic mass is 10.0. The van der Waals surface area contributed by atoms with E-state index in [0.717, 1.165) is 0 Å². The van der Waals surface area contributed by atoms with E-state index in [1.54, 1.807) is 12.1 Å². The predicted molar refractivity (Wildman–Crippen MR) is 80.2 cm³/mol. The number of rotatable bonds is 7. The summed E-state index contributed by atoms with van der Waals surface area (Å²) >= 11 is 0. The Bertz CT molecular complexity index is 539. The molecule has 1 aromatic carbocycles. The van der Waals surface area contributed by atoms with E-state index in [9.17, 15) is 19.7 Å².